The third-order valence-corrected chi connectivity index (χ3v) is 10.5. The fourth-order valence-corrected chi connectivity index (χ4v) is 8.26. The van der Waals surface area contributed by atoms with E-state index in [0.29, 0.717) is 0 Å². The monoisotopic (exact) mass is 630 g/mol. The Morgan fingerprint density at radius 3 is 1.22 bits per heavy atom. The molecule has 0 amide bonds. The molecule has 0 fully saturated rings. The molecule has 0 heterocycles. The largest absolute Gasteiger partial charge is 0.0622 e. The maximum Gasteiger partial charge on any atom is -0.000118 e. The lowest BCUT2D eigenvalue weighted by atomic mass is 9.76. The quantitative estimate of drug-likeness (QED) is 0.170. The van der Waals surface area contributed by atoms with E-state index in [0.717, 1.165) is 0 Å². The third kappa shape index (κ3) is 5.06. The molecule has 8 aromatic carbocycles. The Morgan fingerprint density at radius 2 is 0.694 bits per heavy atom. The third-order valence-electron chi connectivity index (χ3n) is 10.5. The normalized spacial score (nSPS) is 11.6. The van der Waals surface area contributed by atoms with Gasteiger partial charge in [-0.05, 0) is 148 Å². The van der Waals surface area contributed by atoms with Crippen LogP contribution in [0, 0.1) is 48.5 Å². The molecule has 8 rings (SSSR count). The molecule has 0 unspecified atom stereocenters. The Bertz CT molecular complexity index is 2540. The number of benzene rings is 8. The molecule has 49 heavy (non-hydrogen) atoms. The standard InChI is InChI=1S/C49H42/c1-29-18-21-38(22-19-29)46-42-28-33(5)32(4)27-41(42)45(37-16-12-9-13-17-37)49-47(43-34(6)24-31(3)25-35(43)7)40-26-30(2)20-23-39(40)44(48(46)49)36-14-10-8-11-15-36/h8-28H,1-7H3. The molecule has 0 aromatic heterocycles. The summed E-state index contributed by atoms with van der Waals surface area (Å²) in [5.74, 6) is 0. The summed E-state index contributed by atoms with van der Waals surface area (Å²) in [5.41, 5.74) is 19.4. The Labute approximate surface area is 290 Å². The van der Waals surface area contributed by atoms with Crippen molar-refractivity contribution >= 4 is 32.3 Å². The summed E-state index contributed by atoms with van der Waals surface area (Å²) >= 11 is 0. The fourth-order valence-electron chi connectivity index (χ4n) is 8.26. The molecule has 0 aliphatic rings. The molecule has 0 aliphatic heterocycles. The number of hydrogen-bond acceptors (Lipinski definition) is 0. The van der Waals surface area contributed by atoms with Crippen molar-refractivity contribution in [3.8, 4) is 44.5 Å². The van der Waals surface area contributed by atoms with E-state index in [-0.39, 0.29) is 0 Å². The van der Waals surface area contributed by atoms with E-state index in [1.807, 2.05) is 0 Å². The predicted octanol–water partition coefficient (Wildman–Crippen LogP) is 14.0. The van der Waals surface area contributed by atoms with Crippen LogP contribution in [0.2, 0.25) is 0 Å². The van der Waals surface area contributed by atoms with Gasteiger partial charge in [0.1, 0.15) is 0 Å². The molecule has 238 valence electrons. The highest BCUT2D eigenvalue weighted by molar-refractivity contribution is 6.34. The van der Waals surface area contributed by atoms with E-state index in [1.54, 1.807) is 0 Å². The molecule has 0 heteroatoms. The van der Waals surface area contributed by atoms with Gasteiger partial charge in [0.05, 0.1) is 0 Å². The van der Waals surface area contributed by atoms with E-state index < -0.39 is 0 Å². The summed E-state index contributed by atoms with van der Waals surface area (Å²) < 4.78 is 0. The summed E-state index contributed by atoms with van der Waals surface area (Å²) in [6.45, 7) is 15.7. The molecule has 0 saturated heterocycles. The van der Waals surface area contributed by atoms with Crippen molar-refractivity contribution in [1.82, 2.24) is 0 Å². The summed E-state index contributed by atoms with van der Waals surface area (Å²) in [6.07, 6.45) is 0. The van der Waals surface area contributed by atoms with Gasteiger partial charge in [0.2, 0.25) is 0 Å². The van der Waals surface area contributed by atoms with E-state index in [1.165, 1.54) is 116 Å². The molecule has 8 aromatic rings. The highest BCUT2D eigenvalue weighted by Crippen LogP contribution is 2.54. The molecule has 0 nitrogen and oxygen atoms in total. The van der Waals surface area contributed by atoms with Crippen molar-refractivity contribution in [3.05, 3.63) is 166 Å². The zero-order valence-electron chi connectivity index (χ0n) is 29.6. The highest BCUT2D eigenvalue weighted by atomic mass is 14.3. The van der Waals surface area contributed by atoms with Crippen molar-refractivity contribution in [2.24, 2.45) is 0 Å². The Kier molecular flexibility index (Phi) is 7.49. The summed E-state index contributed by atoms with van der Waals surface area (Å²) in [4.78, 5) is 0. The SMILES string of the molecule is Cc1ccc(-c2c3cc(C)c(C)cc3c(-c3ccccc3)c3c(-c4c(C)cc(C)cc4C)c4cc(C)ccc4c(-c4ccccc4)c23)cc1. The molecular formula is C49H42. The molecular weight excluding hydrogens is 589 g/mol. The Balaban J connectivity index is 1.81. The van der Waals surface area contributed by atoms with Crippen molar-refractivity contribution < 1.29 is 0 Å². The van der Waals surface area contributed by atoms with Crippen LogP contribution in [0.5, 0.6) is 0 Å². The van der Waals surface area contributed by atoms with E-state index in [9.17, 15) is 0 Å². The van der Waals surface area contributed by atoms with Gasteiger partial charge in [0.25, 0.3) is 0 Å². The van der Waals surface area contributed by atoms with Gasteiger partial charge < -0.3 is 0 Å². The second-order valence-corrected chi connectivity index (χ2v) is 14.2. The summed E-state index contributed by atoms with van der Waals surface area (Å²) in [7, 11) is 0. The lowest BCUT2D eigenvalue weighted by Crippen LogP contribution is -2.00. The second kappa shape index (κ2) is 11.9. The average molecular weight is 631 g/mol. The number of aryl methyl sites for hydroxylation is 7. The Morgan fingerprint density at radius 1 is 0.265 bits per heavy atom. The van der Waals surface area contributed by atoms with Crippen molar-refractivity contribution in [1.29, 1.82) is 0 Å². The van der Waals surface area contributed by atoms with Gasteiger partial charge in [-0.3, -0.25) is 0 Å². The zero-order valence-corrected chi connectivity index (χ0v) is 29.6. The van der Waals surface area contributed by atoms with Crippen molar-refractivity contribution in [3.63, 3.8) is 0 Å². The molecule has 0 bridgehead atoms. The topological polar surface area (TPSA) is 0 Å². The summed E-state index contributed by atoms with van der Waals surface area (Å²) in [5, 5.41) is 7.82. The van der Waals surface area contributed by atoms with Crippen LogP contribution in [-0.2, 0) is 0 Å². The first-order valence-corrected chi connectivity index (χ1v) is 17.4. The van der Waals surface area contributed by atoms with Gasteiger partial charge in [0.15, 0.2) is 0 Å². The highest BCUT2D eigenvalue weighted by Gasteiger charge is 2.27. The van der Waals surface area contributed by atoms with Crippen LogP contribution in [0.3, 0.4) is 0 Å². The predicted molar refractivity (Wildman–Crippen MR) is 214 cm³/mol. The van der Waals surface area contributed by atoms with Crippen molar-refractivity contribution in [2.45, 2.75) is 48.5 Å². The Hall–Kier alpha value is -5.46. The molecule has 0 spiro atoms. The lowest BCUT2D eigenvalue weighted by Gasteiger charge is -2.27. The smallest absolute Gasteiger partial charge is 0.000118 e. The lowest BCUT2D eigenvalue weighted by molar-refractivity contribution is 1.33. The number of fused-ring (bicyclic) bond motifs is 3. The maximum absolute atomic E-state index is 2.45. The van der Waals surface area contributed by atoms with Crippen LogP contribution < -0.4 is 0 Å². The van der Waals surface area contributed by atoms with Gasteiger partial charge in [-0.15, -0.1) is 0 Å². The minimum atomic E-state index is 1.24. The second-order valence-electron chi connectivity index (χ2n) is 14.2. The molecule has 0 N–H and O–H groups in total. The van der Waals surface area contributed by atoms with Crippen molar-refractivity contribution in [2.75, 3.05) is 0 Å². The van der Waals surface area contributed by atoms with Crippen LogP contribution in [0.25, 0.3) is 76.8 Å². The van der Waals surface area contributed by atoms with Gasteiger partial charge >= 0.3 is 0 Å². The van der Waals surface area contributed by atoms with Gasteiger partial charge in [0, 0.05) is 0 Å². The number of rotatable bonds is 4. The molecule has 0 aliphatic carbocycles. The van der Waals surface area contributed by atoms with Crippen LogP contribution in [0.1, 0.15) is 38.9 Å². The van der Waals surface area contributed by atoms with Crippen LogP contribution in [0.4, 0.5) is 0 Å². The van der Waals surface area contributed by atoms with Crippen LogP contribution in [0.15, 0.2) is 127 Å². The van der Waals surface area contributed by atoms with E-state index in [2.05, 4.69) is 176 Å². The first-order chi connectivity index (χ1) is 23.7. The first kappa shape index (κ1) is 30.8. The molecule has 0 saturated carbocycles. The van der Waals surface area contributed by atoms with Crippen LogP contribution >= 0.6 is 0 Å². The summed E-state index contributed by atoms with van der Waals surface area (Å²) in [6, 6.07) is 48.1. The van der Waals surface area contributed by atoms with Gasteiger partial charge in [-0.1, -0.05) is 144 Å². The van der Waals surface area contributed by atoms with Crippen LogP contribution in [-0.4, -0.2) is 0 Å². The molecule has 0 atom stereocenters. The van der Waals surface area contributed by atoms with Gasteiger partial charge in [-0.2, -0.15) is 0 Å². The number of hydrogen-bond donors (Lipinski definition) is 0. The van der Waals surface area contributed by atoms with Gasteiger partial charge in [-0.25, -0.2) is 0 Å². The minimum Gasteiger partial charge on any atom is -0.0622 e. The van der Waals surface area contributed by atoms with E-state index >= 15 is 0 Å². The maximum atomic E-state index is 2.45. The minimum absolute atomic E-state index is 1.24. The fraction of sp³-hybridized carbons (Fsp3) is 0.143. The van der Waals surface area contributed by atoms with E-state index in [4.69, 9.17) is 0 Å². The molecule has 0 radical (unpaired) electrons. The zero-order chi connectivity index (χ0) is 34.0. The first-order valence-electron chi connectivity index (χ1n) is 17.4. The average Bonchev–Trinajstić information content (AvgIpc) is 3.09.